The minimum absolute atomic E-state index is 0.0288. The van der Waals surface area contributed by atoms with Gasteiger partial charge in [0.15, 0.2) is 11.5 Å². The van der Waals surface area contributed by atoms with E-state index in [1.807, 2.05) is 0 Å². The molecule has 0 radical (unpaired) electrons. The maximum atomic E-state index is 12.4. The van der Waals surface area contributed by atoms with E-state index in [1.54, 1.807) is 0 Å². The number of benzene rings is 1. The predicted molar refractivity (Wildman–Crippen MR) is 93.4 cm³/mol. The highest BCUT2D eigenvalue weighted by atomic mass is 19.4. The highest BCUT2D eigenvalue weighted by Crippen LogP contribution is 2.34. The number of aliphatic carboxylic acids is 1. The van der Waals surface area contributed by atoms with Crippen molar-refractivity contribution in [1.82, 2.24) is 10.2 Å². The molecule has 12 heteroatoms. The number of nitrogens with two attached hydrogens (primary N) is 1. The van der Waals surface area contributed by atoms with Crippen LogP contribution in [0.15, 0.2) is 47.9 Å². The van der Waals surface area contributed by atoms with Crippen molar-refractivity contribution in [3.05, 3.63) is 53.4 Å². The van der Waals surface area contributed by atoms with Crippen LogP contribution in [-0.4, -0.2) is 57.8 Å². The van der Waals surface area contributed by atoms with Gasteiger partial charge in [-0.05, 0) is 23.8 Å². The maximum Gasteiger partial charge on any atom is 0.409 e. The lowest BCUT2D eigenvalue weighted by atomic mass is 9.92. The number of carbonyl (C=O) groups is 3. The third-order valence-corrected chi connectivity index (χ3v) is 4.56. The summed E-state index contributed by atoms with van der Waals surface area (Å²) in [6, 6.07) is 2.26. The summed E-state index contributed by atoms with van der Waals surface area (Å²) in [4.78, 5) is 37.1. The molecule has 9 nitrogen and oxygen atoms in total. The number of rotatable bonds is 5. The molecule has 2 heterocycles. The zero-order chi connectivity index (χ0) is 22.2. The van der Waals surface area contributed by atoms with Crippen LogP contribution in [0, 0.1) is 0 Å². The number of nitrogens with one attached hydrogen (secondary N) is 1. The summed E-state index contributed by atoms with van der Waals surface area (Å²) in [7, 11) is 0. The first-order chi connectivity index (χ1) is 14.0. The topological polar surface area (TPSA) is 142 Å². The first-order valence-electron chi connectivity index (χ1n) is 8.54. The lowest BCUT2D eigenvalue weighted by Crippen LogP contribution is -2.73. The normalized spacial score (nSPS) is 22.3. The van der Waals surface area contributed by atoms with E-state index in [0.717, 1.165) is 4.90 Å². The number of halogens is 3. The third kappa shape index (κ3) is 4.08. The number of β-lactam (4-membered cyclic amide) rings is 1. The number of alkyl halides is 3. The van der Waals surface area contributed by atoms with Gasteiger partial charge in [0.05, 0.1) is 0 Å². The Morgan fingerprint density at radius 2 is 1.93 bits per heavy atom. The average Bonchev–Trinajstić information content (AvgIpc) is 2.68. The molecule has 1 aromatic carbocycles. The number of carbonyl (C=O) groups excluding carboxylic acids is 2. The number of hydrogen-bond acceptors (Lipinski definition) is 6. The molecular formula is C18H16F3N3O6. The molecule has 0 aromatic heterocycles. The number of allylic oxidation sites excluding steroid dienone is 2. The maximum absolute atomic E-state index is 12.4. The summed E-state index contributed by atoms with van der Waals surface area (Å²) < 4.78 is 42.2. The zero-order valence-corrected chi connectivity index (χ0v) is 15.1. The number of nitrogens with zero attached hydrogens (tertiary/aromatic N) is 1. The molecule has 1 aromatic rings. The zero-order valence-electron chi connectivity index (χ0n) is 15.1. The molecule has 2 amide bonds. The van der Waals surface area contributed by atoms with Crippen LogP contribution in [0.3, 0.4) is 0 Å². The van der Waals surface area contributed by atoms with Crippen molar-refractivity contribution < 1.29 is 42.5 Å². The molecule has 1 fully saturated rings. The van der Waals surface area contributed by atoms with Crippen molar-refractivity contribution in [1.29, 1.82) is 0 Å². The summed E-state index contributed by atoms with van der Waals surface area (Å²) in [5.74, 6) is -3.85. The number of amides is 2. The molecule has 5 N–H and O–H groups in total. The summed E-state index contributed by atoms with van der Waals surface area (Å²) in [5, 5.41) is 21.0. The molecule has 0 spiro atoms. The van der Waals surface area contributed by atoms with Gasteiger partial charge in [0.2, 0.25) is 5.91 Å². The number of aromatic hydroxyl groups is 1. The molecular weight excluding hydrogens is 411 g/mol. The van der Waals surface area contributed by atoms with Gasteiger partial charge in [0.1, 0.15) is 30.5 Å². The molecule has 30 heavy (non-hydrogen) atoms. The molecule has 0 aliphatic carbocycles. The van der Waals surface area contributed by atoms with E-state index >= 15 is 0 Å². The minimum atomic E-state index is -4.70. The number of carboxylic acids is 1. The lowest BCUT2D eigenvalue weighted by Gasteiger charge is -2.49. The standard InChI is InChI=1S/C18H16F3N3O6/c19-18(20,21)6-5-11-14(17(28)29)24-10(7-30-11)13(16(24)27)23-15(26)12(22)8-1-3-9(25)4-2-8/h1-6,10,12-13,25H,7,22H2,(H,23,26)(H,28,29)/b6-5-/t10-,12-,13+/m1/s1. The Labute approximate surface area is 167 Å². The van der Waals surface area contributed by atoms with Gasteiger partial charge in [0, 0.05) is 6.08 Å². The molecule has 0 bridgehead atoms. The summed E-state index contributed by atoms with van der Waals surface area (Å²) >= 11 is 0. The highest BCUT2D eigenvalue weighted by molar-refractivity contribution is 6.02. The fraction of sp³-hybridized carbons (Fsp3) is 0.278. The first kappa shape index (κ1) is 21.2. The van der Waals surface area contributed by atoms with Crippen molar-refractivity contribution in [2.45, 2.75) is 24.3 Å². The molecule has 0 saturated carbocycles. The molecule has 1 saturated heterocycles. The Balaban J connectivity index is 1.75. The van der Waals surface area contributed by atoms with Crippen LogP contribution in [0.1, 0.15) is 11.6 Å². The number of phenols is 1. The van der Waals surface area contributed by atoms with E-state index in [9.17, 15) is 37.8 Å². The number of phenolic OH excluding ortho intramolecular Hbond substituents is 1. The van der Waals surface area contributed by atoms with Gasteiger partial charge in [-0.1, -0.05) is 12.1 Å². The number of fused-ring (bicyclic) bond motifs is 1. The van der Waals surface area contributed by atoms with Gasteiger partial charge in [-0.3, -0.25) is 14.5 Å². The van der Waals surface area contributed by atoms with Crippen LogP contribution in [0.5, 0.6) is 5.75 Å². The van der Waals surface area contributed by atoms with Crippen molar-refractivity contribution in [3.8, 4) is 5.75 Å². The fourth-order valence-corrected chi connectivity index (χ4v) is 3.09. The van der Waals surface area contributed by atoms with E-state index in [4.69, 9.17) is 10.5 Å². The quantitative estimate of drug-likeness (QED) is 0.502. The van der Waals surface area contributed by atoms with Gasteiger partial charge in [-0.15, -0.1) is 0 Å². The smallest absolute Gasteiger partial charge is 0.409 e. The first-order valence-corrected chi connectivity index (χ1v) is 8.54. The van der Waals surface area contributed by atoms with E-state index in [1.165, 1.54) is 24.3 Å². The average molecular weight is 427 g/mol. The Kier molecular flexibility index (Phi) is 5.44. The van der Waals surface area contributed by atoms with Gasteiger partial charge in [-0.25, -0.2) is 4.79 Å². The van der Waals surface area contributed by atoms with Crippen LogP contribution in [0.25, 0.3) is 0 Å². The summed E-state index contributed by atoms with van der Waals surface area (Å²) in [5.41, 5.74) is 5.45. The molecule has 160 valence electrons. The number of carboxylic acid groups (broad SMARTS) is 1. The van der Waals surface area contributed by atoms with Gasteiger partial charge in [0.25, 0.3) is 5.91 Å². The lowest BCUT2D eigenvalue weighted by molar-refractivity contribution is -0.160. The highest BCUT2D eigenvalue weighted by Gasteiger charge is 2.54. The Morgan fingerprint density at radius 3 is 2.50 bits per heavy atom. The molecule has 0 unspecified atom stereocenters. The molecule has 3 rings (SSSR count). The van der Waals surface area contributed by atoms with Gasteiger partial charge >= 0.3 is 12.1 Å². The monoisotopic (exact) mass is 427 g/mol. The van der Waals surface area contributed by atoms with Crippen LogP contribution in [0.4, 0.5) is 13.2 Å². The van der Waals surface area contributed by atoms with E-state index in [2.05, 4.69) is 5.32 Å². The molecule has 2 aliphatic rings. The van der Waals surface area contributed by atoms with E-state index in [-0.39, 0.29) is 18.4 Å². The SMILES string of the molecule is N[C@@H](C(=O)N[C@@H]1C(=O)N2C(C(=O)O)=C(/C=C\C(F)(F)F)OC[C@H]12)c1ccc(O)cc1. The minimum Gasteiger partial charge on any atom is -0.508 e. The van der Waals surface area contributed by atoms with E-state index in [0.29, 0.717) is 11.6 Å². The number of hydrogen-bond donors (Lipinski definition) is 4. The second kappa shape index (κ2) is 7.71. The predicted octanol–water partition coefficient (Wildman–Crippen LogP) is 0.532. The third-order valence-electron chi connectivity index (χ3n) is 4.56. The molecule has 2 aliphatic heterocycles. The summed E-state index contributed by atoms with van der Waals surface area (Å²) in [6.45, 7) is -0.320. The molecule has 3 atom stereocenters. The van der Waals surface area contributed by atoms with Gasteiger partial charge < -0.3 is 26.0 Å². The second-order valence-electron chi connectivity index (χ2n) is 6.54. The van der Waals surface area contributed by atoms with E-state index < -0.39 is 53.5 Å². The second-order valence-corrected chi connectivity index (χ2v) is 6.54. The van der Waals surface area contributed by atoms with Crippen molar-refractivity contribution in [2.75, 3.05) is 6.61 Å². The van der Waals surface area contributed by atoms with Gasteiger partial charge in [-0.2, -0.15) is 13.2 Å². The van der Waals surface area contributed by atoms with Crippen LogP contribution in [-0.2, 0) is 19.1 Å². The largest absolute Gasteiger partial charge is 0.508 e. The Hall–Kier alpha value is -3.54. The van der Waals surface area contributed by atoms with Crippen LogP contribution in [0.2, 0.25) is 0 Å². The van der Waals surface area contributed by atoms with Crippen molar-refractivity contribution in [2.24, 2.45) is 5.73 Å². The Morgan fingerprint density at radius 1 is 1.30 bits per heavy atom. The Bertz CT molecular complexity index is 941. The summed E-state index contributed by atoms with van der Waals surface area (Å²) in [6.07, 6.45) is -4.47. The van der Waals surface area contributed by atoms with Crippen LogP contribution < -0.4 is 11.1 Å². The van der Waals surface area contributed by atoms with Crippen LogP contribution >= 0.6 is 0 Å². The fourth-order valence-electron chi connectivity index (χ4n) is 3.09. The number of ether oxygens (including phenoxy) is 1. The van der Waals surface area contributed by atoms with Crippen molar-refractivity contribution >= 4 is 17.8 Å². The van der Waals surface area contributed by atoms with Crippen molar-refractivity contribution in [3.63, 3.8) is 0 Å².